The van der Waals surface area contributed by atoms with Crippen molar-refractivity contribution in [1.29, 1.82) is 0 Å². The maximum absolute atomic E-state index is 16.3. The summed E-state index contributed by atoms with van der Waals surface area (Å²) in [6.07, 6.45) is 0. The lowest BCUT2D eigenvalue weighted by molar-refractivity contribution is 0.103. The zero-order valence-electron chi connectivity index (χ0n) is 38.6. The van der Waals surface area contributed by atoms with Gasteiger partial charge in [0.15, 0.2) is 17.3 Å². The van der Waals surface area contributed by atoms with E-state index in [1.54, 1.807) is 0 Å². The number of fused-ring (bicyclic) bond motifs is 10. The van der Waals surface area contributed by atoms with Crippen molar-refractivity contribution in [1.82, 2.24) is 0 Å². The normalized spacial score (nSPS) is 13.3. The van der Waals surface area contributed by atoms with Crippen LogP contribution >= 0.6 is 0 Å². The molecule has 3 aliphatic rings. The van der Waals surface area contributed by atoms with Crippen LogP contribution in [0, 0.1) is 0 Å². The van der Waals surface area contributed by atoms with Gasteiger partial charge in [0.2, 0.25) is 0 Å². The Morgan fingerprint density at radius 1 is 0.296 bits per heavy atom. The molecule has 0 bridgehead atoms. The minimum atomic E-state index is -0.924. The molecule has 11 aromatic rings. The Morgan fingerprint density at radius 3 is 1.18 bits per heavy atom. The van der Waals surface area contributed by atoms with Crippen molar-refractivity contribution in [3.63, 3.8) is 0 Å². The Labute approximate surface area is 413 Å². The van der Waals surface area contributed by atoms with Gasteiger partial charge in [0.05, 0.1) is 22.5 Å². The first-order valence-electron chi connectivity index (χ1n) is 24.3. The average molecular weight is 906 g/mol. The van der Waals surface area contributed by atoms with Gasteiger partial charge in [-0.3, -0.25) is 4.79 Å². The van der Waals surface area contributed by atoms with E-state index in [1.165, 1.54) is 0 Å². The molecule has 0 fully saturated rings. The third-order valence-electron chi connectivity index (χ3n) is 14.9. The van der Waals surface area contributed by atoms with Crippen molar-refractivity contribution in [2.24, 2.45) is 0 Å². The van der Waals surface area contributed by atoms with Crippen LogP contribution in [0.25, 0.3) is 66.8 Å². The van der Waals surface area contributed by atoms with Crippen LogP contribution in [0.2, 0.25) is 0 Å². The van der Waals surface area contributed by atoms with Crippen LogP contribution in [0.3, 0.4) is 0 Å². The van der Waals surface area contributed by atoms with Gasteiger partial charge in [-0.1, -0.05) is 224 Å². The number of nitrogens with zero attached hydrogens (tertiary/aromatic N) is 1. The van der Waals surface area contributed by atoms with Crippen molar-refractivity contribution < 1.29 is 9.53 Å². The Kier molecular flexibility index (Phi) is 9.27. The van der Waals surface area contributed by atoms with E-state index in [0.29, 0.717) is 11.1 Å². The molecule has 332 valence electrons. The lowest BCUT2D eigenvalue weighted by atomic mass is 9.57. The smallest absolute Gasteiger partial charge is 0.193 e. The molecule has 11 aromatic carbocycles. The van der Waals surface area contributed by atoms with Crippen LogP contribution in [0.15, 0.2) is 261 Å². The largest absolute Gasteiger partial charge is 0.453 e. The molecular formula is C68H43NO2. The van der Waals surface area contributed by atoms with Gasteiger partial charge in [0.1, 0.15) is 0 Å². The standard InChI is InChI=1S/C68H43NO2/c70-67-54-42-48(64-50(44-20-5-1-6-21-44)28-17-29-51(64)45-22-7-2-8-23-45)38-40-56(54)68(58-32-13-14-34-60(58)69-61-35-15-16-36-62(61)71-63-37-19-33-59(68)66(63)69)57-41-39-49(43-55(57)67)65-52(46-24-9-3-10-25-46)30-18-31-53(65)47-26-11-4-12-27-47/h1-43H. The number of ketones is 1. The van der Waals surface area contributed by atoms with Gasteiger partial charge < -0.3 is 9.64 Å². The Bertz CT molecular complexity index is 3620. The van der Waals surface area contributed by atoms with Crippen LogP contribution in [0.4, 0.5) is 17.1 Å². The molecule has 0 saturated heterocycles. The SMILES string of the molecule is O=C1c2cc(-c3c(-c4ccccc4)cccc3-c3ccccc3)ccc2C2(c3ccc(-c4c(-c5ccccc5)cccc4-c4ccccc4)cc31)c1ccccc1N1c3ccccc3Oc3cccc2c31. The zero-order valence-corrected chi connectivity index (χ0v) is 38.6. The molecule has 0 radical (unpaired) electrons. The summed E-state index contributed by atoms with van der Waals surface area (Å²) in [4.78, 5) is 18.6. The number of anilines is 3. The highest BCUT2D eigenvalue weighted by Crippen LogP contribution is 2.65. The summed E-state index contributed by atoms with van der Waals surface area (Å²) >= 11 is 0. The first-order valence-corrected chi connectivity index (χ1v) is 24.3. The summed E-state index contributed by atoms with van der Waals surface area (Å²) in [7, 11) is 0. The third kappa shape index (κ3) is 6.13. The summed E-state index contributed by atoms with van der Waals surface area (Å²) in [5, 5.41) is 0. The van der Waals surface area contributed by atoms with Crippen LogP contribution in [-0.2, 0) is 5.41 Å². The van der Waals surface area contributed by atoms with Crippen LogP contribution in [-0.4, -0.2) is 5.78 Å². The molecule has 0 atom stereocenters. The van der Waals surface area contributed by atoms with Crippen molar-refractivity contribution >= 4 is 22.8 Å². The molecule has 0 unspecified atom stereocenters. The molecule has 2 aliphatic heterocycles. The number of para-hydroxylation sites is 4. The molecule has 0 amide bonds. The Morgan fingerprint density at radius 2 is 0.690 bits per heavy atom. The minimum Gasteiger partial charge on any atom is -0.453 e. The van der Waals surface area contributed by atoms with Gasteiger partial charge in [-0.05, 0) is 125 Å². The molecule has 1 spiro atoms. The summed E-state index contributed by atoms with van der Waals surface area (Å²) in [6.45, 7) is 0. The molecule has 71 heavy (non-hydrogen) atoms. The maximum Gasteiger partial charge on any atom is 0.193 e. The molecule has 0 saturated carbocycles. The highest BCUT2D eigenvalue weighted by atomic mass is 16.5. The predicted octanol–water partition coefficient (Wildman–Crippen LogP) is 17.5. The summed E-state index contributed by atoms with van der Waals surface area (Å²) in [5.74, 6) is 1.57. The van der Waals surface area contributed by atoms with Crippen LogP contribution < -0.4 is 9.64 Å². The highest BCUT2D eigenvalue weighted by molar-refractivity contribution is 6.17. The molecular weight excluding hydrogens is 863 g/mol. The Hall–Kier alpha value is -9.31. The lowest BCUT2D eigenvalue weighted by Gasteiger charge is -2.50. The van der Waals surface area contributed by atoms with Crippen molar-refractivity contribution in [3.05, 3.63) is 294 Å². The van der Waals surface area contributed by atoms with E-state index in [-0.39, 0.29) is 5.78 Å². The van der Waals surface area contributed by atoms with Gasteiger partial charge in [-0.25, -0.2) is 0 Å². The monoisotopic (exact) mass is 905 g/mol. The minimum absolute atomic E-state index is 0.00691. The average Bonchev–Trinajstić information content (AvgIpc) is 3.45. The molecule has 1 aliphatic carbocycles. The van der Waals surface area contributed by atoms with Gasteiger partial charge in [-0.2, -0.15) is 0 Å². The number of ether oxygens (including phenoxy) is 1. The summed E-state index contributed by atoms with van der Waals surface area (Å²) in [5.41, 5.74) is 20.4. The van der Waals surface area contributed by atoms with Gasteiger partial charge in [0.25, 0.3) is 0 Å². The molecule has 0 aromatic heterocycles. The van der Waals surface area contributed by atoms with Crippen LogP contribution in [0.5, 0.6) is 11.5 Å². The number of hydrogen-bond acceptors (Lipinski definition) is 3. The number of benzene rings is 11. The van der Waals surface area contributed by atoms with Gasteiger partial charge in [-0.15, -0.1) is 0 Å². The fourth-order valence-electron chi connectivity index (χ4n) is 11.9. The van der Waals surface area contributed by atoms with Crippen molar-refractivity contribution in [2.75, 3.05) is 4.90 Å². The third-order valence-corrected chi connectivity index (χ3v) is 14.9. The Balaban J connectivity index is 1.09. The number of carbonyl (C=O) groups is 1. The second-order valence-electron chi connectivity index (χ2n) is 18.6. The summed E-state index contributed by atoms with van der Waals surface area (Å²) < 4.78 is 6.84. The number of hydrogen-bond donors (Lipinski definition) is 0. The molecule has 2 heterocycles. The summed E-state index contributed by atoms with van der Waals surface area (Å²) in [6, 6.07) is 92.3. The lowest BCUT2D eigenvalue weighted by Crippen LogP contribution is -2.43. The molecule has 3 nitrogen and oxygen atoms in total. The number of rotatable bonds is 6. The fourth-order valence-corrected chi connectivity index (χ4v) is 11.9. The second-order valence-corrected chi connectivity index (χ2v) is 18.6. The van der Waals surface area contributed by atoms with E-state index in [4.69, 9.17) is 4.74 Å². The van der Waals surface area contributed by atoms with Crippen molar-refractivity contribution in [2.45, 2.75) is 5.41 Å². The maximum atomic E-state index is 16.3. The van der Waals surface area contributed by atoms with E-state index in [1.807, 2.05) is 12.1 Å². The molecule has 14 rings (SSSR count). The quantitative estimate of drug-likeness (QED) is 0.166. The first kappa shape index (κ1) is 40.7. The second kappa shape index (κ2) is 16.2. The van der Waals surface area contributed by atoms with Crippen molar-refractivity contribution in [3.8, 4) is 78.3 Å². The molecule has 0 N–H and O–H groups in total. The van der Waals surface area contributed by atoms with Crippen LogP contribution in [0.1, 0.15) is 38.2 Å². The van der Waals surface area contributed by atoms with E-state index in [0.717, 1.165) is 118 Å². The molecule has 3 heteroatoms. The van der Waals surface area contributed by atoms with E-state index in [2.05, 4.69) is 254 Å². The first-order chi connectivity index (χ1) is 35.2. The fraction of sp³-hybridized carbons (Fsp3) is 0.0147. The van der Waals surface area contributed by atoms with E-state index in [9.17, 15) is 0 Å². The number of carbonyl (C=O) groups excluding carboxylic acids is 1. The van der Waals surface area contributed by atoms with E-state index < -0.39 is 5.41 Å². The topological polar surface area (TPSA) is 29.5 Å². The zero-order chi connectivity index (χ0) is 47.0. The van der Waals surface area contributed by atoms with Gasteiger partial charge >= 0.3 is 0 Å². The predicted molar refractivity (Wildman–Crippen MR) is 289 cm³/mol. The highest BCUT2D eigenvalue weighted by Gasteiger charge is 2.53. The van der Waals surface area contributed by atoms with E-state index >= 15 is 4.79 Å². The van der Waals surface area contributed by atoms with Gasteiger partial charge in [0, 0.05) is 11.1 Å².